The molecule has 5 atom stereocenters. The third kappa shape index (κ3) is 4.04. The van der Waals surface area contributed by atoms with Gasteiger partial charge in [0.2, 0.25) is 5.91 Å². The van der Waals surface area contributed by atoms with E-state index in [1.54, 1.807) is 6.07 Å². The Kier molecular flexibility index (Phi) is 5.41. The van der Waals surface area contributed by atoms with Crippen molar-refractivity contribution in [1.29, 1.82) is 5.26 Å². The zero-order valence-corrected chi connectivity index (χ0v) is 16.8. The molecule has 1 aromatic carbocycles. The van der Waals surface area contributed by atoms with E-state index in [1.807, 2.05) is 0 Å². The first-order valence-corrected chi connectivity index (χ1v) is 9.67. The van der Waals surface area contributed by atoms with Crippen molar-refractivity contribution in [2.75, 3.05) is 5.32 Å². The average molecular weight is 474 g/mol. The molecule has 0 aliphatic carbocycles. The molecular weight excluding hydrogens is 458 g/mol. The molecule has 0 spiro atoms. The van der Waals surface area contributed by atoms with E-state index in [1.165, 1.54) is 7.05 Å². The number of aromatic nitrogens is 2. The molecule has 0 radical (unpaired) electrons. The van der Waals surface area contributed by atoms with Gasteiger partial charge < -0.3 is 15.2 Å². The van der Waals surface area contributed by atoms with Gasteiger partial charge in [-0.2, -0.15) is 36.7 Å². The summed E-state index contributed by atoms with van der Waals surface area (Å²) in [6, 6.07) is 3.82. The van der Waals surface area contributed by atoms with Crippen molar-refractivity contribution in [3.8, 4) is 6.07 Å². The van der Waals surface area contributed by atoms with Crippen LogP contribution < -0.4 is 5.32 Å². The lowest BCUT2D eigenvalue weighted by Crippen LogP contribution is -2.41. The molecule has 33 heavy (non-hydrogen) atoms. The highest BCUT2D eigenvalue weighted by Crippen LogP contribution is 2.51. The van der Waals surface area contributed by atoms with Crippen LogP contribution in [0.4, 0.5) is 32.0 Å². The molecule has 2 aromatic rings. The van der Waals surface area contributed by atoms with Gasteiger partial charge in [-0.15, -0.1) is 0 Å². The summed E-state index contributed by atoms with van der Waals surface area (Å²) in [5.74, 6) is -3.43. The van der Waals surface area contributed by atoms with Crippen molar-refractivity contribution in [1.82, 2.24) is 9.78 Å². The lowest BCUT2D eigenvalue weighted by atomic mass is 9.73. The van der Waals surface area contributed by atoms with Gasteiger partial charge in [0.15, 0.2) is 5.69 Å². The number of rotatable bonds is 3. The van der Waals surface area contributed by atoms with E-state index in [4.69, 9.17) is 4.74 Å². The number of ether oxygens (including phenoxy) is 1. The predicted molar refractivity (Wildman–Crippen MR) is 98.5 cm³/mol. The van der Waals surface area contributed by atoms with Crippen LogP contribution in [0.3, 0.4) is 0 Å². The van der Waals surface area contributed by atoms with Crippen LogP contribution in [-0.2, 0) is 28.9 Å². The number of anilines is 1. The summed E-state index contributed by atoms with van der Waals surface area (Å²) in [7, 11) is 1.26. The first-order chi connectivity index (χ1) is 15.3. The molecule has 2 aliphatic heterocycles. The van der Waals surface area contributed by atoms with E-state index in [-0.39, 0.29) is 17.5 Å². The number of fused-ring (bicyclic) bond motifs is 2. The minimum atomic E-state index is -4.85. The van der Waals surface area contributed by atoms with Crippen molar-refractivity contribution < 1.29 is 41.0 Å². The number of halogens is 6. The van der Waals surface area contributed by atoms with Gasteiger partial charge in [0, 0.05) is 31.1 Å². The Morgan fingerprint density at radius 2 is 1.97 bits per heavy atom. The quantitative estimate of drug-likeness (QED) is 0.666. The van der Waals surface area contributed by atoms with Gasteiger partial charge in [0.05, 0.1) is 41.0 Å². The highest BCUT2D eigenvalue weighted by atomic mass is 19.4. The normalized spacial score (nSPS) is 26.9. The number of carbonyl (C=O) groups is 1. The summed E-state index contributed by atoms with van der Waals surface area (Å²) in [4.78, 5) is 13.1. The number of nitrogens with zero attached hydrogens (tertiary/aromatic N) is 3. The first kappa shape index (κ1) is 23.1. The standard InChI is InChI=1S/C20H16F6N4O3/c1-30-7-10(17(29-30)20(24,25)26)14-15(13-5-12(31)16(14)33-13)18(32)28-11-4-9(19(21,22)23)3-2-8(11)6-27/h2-4,7,12-16,31H,5H2,1H3,(H,28,32). The lowest BCUT2D eigenvalue weighted by Gasteiger charge is -2.30. The average Bonchev–Trinajstić information content (AvgIpc) is 3.38. The molecule has 176 valence electrons. The van der Waals surface area contributed by atoms with Crippen molar-refractivity contribution in [2.45, 2.75) is 43.0 Å². The number of nitriles is 1. The summed E-state index contributed by atoms with van der Waals surface area (Å²) in [6.07, 6.45) is -11.8. The number of aryl methyl sites for hydroxylation is 1. The SMILES string of the molecule is Cn1cc(C2C3OC(CC3O)C2C(=O)Nc2cc(C(F)(F)F)ccc2C#N)c(C(F)(F)F)n1. The molecule has 0 saturated carbocycles. The summed E-state index contributed by atoms with van der Waals surface area (Å²) in [5, 5.41) is 25.1. The second-order valence-electron chi connectivity index (χ2n) is 7.96. The van der Waals surface area contributed by atoms with E-state index in [0.29, 0.717) is 12.1 Å². The largest absolute Gasteiger partial charge is 0.435 e. The fraction of sp³-hybridized carbons (Fsp3) is 0.450. The first-order valence-electron chi connectivity index (χ1n) is 9.67. The molecule has 3 heterocycles. The zero-order valence-electron chi connectivity index (χ0n) is 16.8. The minimum absolute atomic E-state index is 0.0332. The number of aliphatic hydroxyl groups is 1. The van der Waals surface area contributed by atoms with Crippen LogP contribution in [0.15, 0.2) is 24.4 Å². The fourth-order valence-corrected chi connectivity index (χ4v) is 4.52. The number of aliphatic hydroxyl groups excluding tert-OH is 1. The second kappa shape index (κ2) is 7.74. The number of benzene rings is 1. The van der Waals surface area contributed by atoms with Gasteiger partial charge in [-0.05, 0) is 18.2 Å². The number of carbonyl (C=O) groups excluding carboxylic acids is 1. The summed E-state index contributed by atoms with van der Waals surface area (Å²) >= 11 is 0. The van der Waals surface area contributed by atoms with E-state index in [9.17, 15) is 41.5 Å². The molecule has 2 saturated heterocycles. The van der Waals surface area contributed by atoms with E-state index in [0.717, 1.165) is 16.9 Å². The van der Waals surface area contributed by atoms with E-state index < -0.39 is 65.4 Å². The van der Waals surface area contributed by atoms with Crippen molar-refractivity contribution in [2.24, 2.45) is 13.0 Å². The van der Waals surface area contributed by atoms with Crippen LogP contribution in [0.5, 0.6) is 0 Å². The van der Waals surface area contributed by atoms with Gasteiger partial charge in [-0.3, -0.25) is 9.48 Å². The smallest absolute Gasteiger partial charge is 0.390 e. The number of hydrogen-bond donors (Lipinski definition) is 2. The topological polar surface area (TPSA) is 100 Å². The molecule has 2 bridgehead atoms. The van der Waals surface area contributed by atoms with Gasteiger partial charge in [-0.1, -0.05) is 0 Å². The van der Waals surface area contributed by atoms with Gasteiger partial charge in [0.25, 0.3) is 0 Å². The minimum Gasteiger partial charge on any atom is -0.390 e. The molecule has 7 nitrogen and oxygen atoms in total. The van der Waals surface area contributed by atoms with Crippen molar-refractivity contribution >= 4 is 11.6 Å². The molecule has 5 unspecified atom stereocenters. The zero-order chi connectivity index (χ0) is 24.3. The molecule has 2 N–H and O–H groups in total. The Bertz CT molecular complexity index is 1140. The van der Waals surface area contributed by atoms with Gasteiger partial charge in [0.1, 0.15) is 6.07 Å². The maximum absolute atomic E-state index is 13.6. The van der Waals surface area contributed by atoms with Gasteiger partial charge >= 0.3 is 12.4 Å². The monoisotopic (exact) mass is 474 g/mol. The fourth-order valence-electron chi connectivity index (χ4n) is 4.52. The van der Waals surface area contributed by atoms with Crippen LogP contribution in [0.25, 0.3) is 0 Å². The molecule has 1 aromatic heterocycles. The number of alkyl halides is 6. The highest BCUT2D eigenvalue weighted by Gasteiger charge is 2.59. The number of nitrogens with one attached hydrogen (secondary N) is 1. The molecule has 1 amide bonds. The predicted octanol–water partition coefficient (Wildman–Crippen LogP) is 3.20. The van der Waals surface area contributed by atoms with Crippen LogP contribution in [0.1, 0.15) is 34.7 Å². The second-order valence-corrected chi connectivity index (χ2v) is 7.96. The Morgan fingerprint density at radius 1 is 1.27 bits per heavy atom. The third-order valence-corrected chi connectivity index (χ3v) is 5.84. The Balaban J connectivity index is 1.72. The Hall–Kier alpha value is -3.11. The molecule has 13 heteroatoms. The van der Waals surface area contributed by atoms with Crippen LogP contribution in [-0.4, -0.2) is 39.1 Å². The molecule has 2 aliphatic rings. The Labute approximate surface area is 182 Å². The van der Waals surface area contributed by atoms with E-state index in [2.05, 4.69) is 10.4 Å². The van der Waals surface area contributed by atoms with Crippen LogP contribution >= 0.6 is 0 Å². The summed E-state index contributed by atoms with van der Waals surface area (Å²) in [5.41, 5.74) is -3.40. The number of hydrogen-bond acceptors (Lipinski definition) is 5. The van der Waals surface area contributed by atoms with Crippen molar-refractivity contribution in [3.63, 3.8) is 0 Å². The molecule has 4 rings (SSSR count). The summed E-state index contributed by atoms with van der Waals surface area (Å²) < 4.78 is 86.5. The maximum atomic E-state index is 13.6. The number of amides is 1. The summed E-state index contributed by atoms with van der Waals surface area (Å²) in [6.45, 7) is 0. The van der Waals surface area contributed by atoms with E-state index >= 15 is 0 Å². The molecular formula is C20H16F6N4O3. The molecule has 2 fully saturated rings. The maximum Gasteiger partial charge on any atom is 0.435 e. The van der Waals surface area contributed by atoms with Gasteiger partial charge in [-0.25, -0.2) is 0 Å². The Morgan fingerprint density at radius 3 is 2.58 bits per heavy atom. The van der Waals surface area contributed by atoms with Crippen molar-refractivity contribution in [3.05, 3.63) is 46.8 Å². The van der Waals surface area contributed by atoms with Crippen LogP contribution in [0, 0.1) is 17.2 Å². The third-order valence-electron chi connectivity index (χ3n) is 5.84. The van der Waals surface area contributed by atoms with Crippen LogP contribution in [0.2, 0.25) is 0 Å². The lowest BCUT2D eigenvalue weighted by molar-refractivity contribution is -0.143. The highest BCUT2D eigenvalue weighted by molar-refractivity contribution is 5.95.